The van der Waals surface area contributed by atoms with Gasteiger partial charge in [0.2, 0.25) is 0 Å². The lowest BCUT2D eigenvalue weighted by Gasteiger charge is -2.13. The van der Waals surface area contributed by atoms with Gasteiger partial charge in [-0.05, 0) is 29.8 Å². The Balaban J connectivity index is 1.84. The van der Waals surface area contributed by atoms with Gasteiger partial charge in [-0.25, -0.2) is 8.42 Å². The third kappa shape index (κ3) is 2.97. The van der Waals surface area contributed by atoms with Crippen molar-refractivity contribution in [1.29, 1.82) is 0 Å². The highest BCUT2D eigenvalue weighted by molar-refractivity contribution is 7.90. The zero-order chi connectivity index (χ0) is 14.9. The van der Waals surface area contributed by atoms with E-state index in [1.165, 1.54) is 6.26 Å². The van der Waals surface area contributed by atoms with Crippen LogP contribution in [0.25, 0.3) is 0 Å². The molecule has 4 nitrogen and oxygen atoms in total. The van der Waals surface area contributed by atoms with E-state index in [-0.39, 0.29) is 0 Å². The van der Waals surface area contributed by atoms with Crippen molar-refractivity contribution < 1.29 is 8.42 Å². The summed E-state index contributed by atoms with van der Waals surface area (Å²) in [5.41, 5.74) is 3.10. The fraction of sp³-hybridized carbons (Fsp3) is 0.188. The van der Waals surface area contributed by atoms with Crippen molar-refractivity contribution in [2.24, 2.45) is 5.10 Å². The van der Waals surface area contributed by atoms with Crippen molar-refractivity contribution in [2.75, 3.05) is 17.8 Å². The fourth-order valence-corrected chi connectivity index (χ4v) is 2.97. The molecule has 21 heavy (non-hydrogen) atoms. The molecule has 0 saturated heterocycles. The second kappa shape index (κ2) is 5.33. The average Bonchev–Trinajstić information content (AvgIpc) is 2.97. The van der Waals surface area contributed by atoms with Crippen LogP contribution in [0.3, 0.4) is 0 Å². The van der Waals surface area contributed by atoms with Gasteiger partial charge < -0.3 is 0 Å². The molecular weight excluding hydrogens is 284 g/mol. The smallest absolute Gasteiger partial charge is 0.175 e. The molecule has 0 N–H and O–H groups in total. The number of rotatable bonds is 3. The van der Waals surface area contributed by atoms with Gasteiger partial charge in [-0.15, -0.1) is 0 Å². The predicted molar refractivity (Wildman–Crippen MR) is 84.5 cm³/mol. The van der Waals surface area contributed by atoms with Crippen LogP contribution in [0.15, 0.2) is 64.6 Å². The summed E-state index contributed by atoms with van der Waals surface area (Å²) in [6, 6.07) is 16.9. The Kier molecular flexibility index (Phi) is 3.51. The van der Waals surface area contributed by atoms with E-state index >= 15 is 0 Å². The van der Waals surface area contributed by atoms with Crippen molar-refractivity contribution in [1.82, 2.24) is 0 Å². The number of hydrogen-bond donors (Lipinski definition) is 0. The largest absolute Gasteiger partial charge is 0.265 e. The van der Waals surface area contributed by atoms with E-state index in [1.807, 2.05) is 23.2 Å². The maximum absolute atomic E-state index is 11.5. The molecular formula is C16H16N2O2S. The SMILES string of the molecule is CS(=O)(=O)c1ccc(N2CCC(c3ccccc3)=N2)cc1. The molecule has 1 aliphatic heterocycles. The standard InChI is InChI=1S/C16H16N2O2S/c1-21(19,20)15-9-7-14(8-10-15)18-12-11-16(17-18)13-5-3-2-4-6-13/h2-10H,11-12H2,1H3. The molecule has 108 valence electrons. The minimum absolute atomic E-state index is 0.331. The zero-order valence-electron chi connectivity index (χ0n) is 11.7. The van der Waals surface area contributed by atoms with Crippen LogP contribution in [0.4, 0.5) is 5.69 Å². The molecule has 0 bridgehead atoms. The third-order valence-corrected chi connectivity index (χ3v) is 4.60. The first-order valence-electron chi connectivity index (χ1n) is 6.74. The summed E-state index contributed by atoms with van der Waals surface area (Å²) in [4.78, 5) is 0.331. The molecule has 0 radical (unpaired) electrons. The monoisotopic (exact) mass is 300 g/mol. The van der Waals surface area contributed by atoms with Gasteiger partial charge >= 0.3 is 0 Å². The first-order valence-corrected chi connectivity index (χ1v) is 8.64. The molecule has 0 spiro atoms. The Morgan fingerprint density at radius 1 is 1.00 bits per heavy atom. The lowest BCUT2D eigenvalue weighted by molar-refractivity contribution is 0.602. The van der Waals surface area contributed by atoms with Gasteiger partial charge in [0.25, 0.3) is 0 Å². The highest BCUT2D eigenvalue weighted by Gasteiger charge is 2.17. The predicted octanol–water partition coefficient (Wildman–Crippen LogP) is 2.70. The van der Waals surface area contributed by atoms with Crippen LogP contribution in [0, 0.1) is 0 Å². The maximum Gasteiger partial charge on any atom is 0.175 e. The number of sulfone groups is 1. The Morgan fingerprint density at radius 3 is 2.29 bits per heavy atom. The fourth-order valence-electron chi connectivity index (χ4n) is 2.34. The van der Waals surface area contributed by atoms with E-state index in [2.05, 4.69) is 17.2 Å². The van der Waals surface area contributed by atoms with Gasteiger partial charge in [-0.1, -0.05) is 30.3 Å². The van der Waals surface area contributed by atoms with Gasteiger partial charge in [-0.3, -0.25) is 5.01 Å². The van der Waals surface area contributed by atoms with Crippen LogP contribution in [0.1, 0.15) is 12.0 Å². The first-order chi connectivity index (χ1) is 10.0. The highest BCUT2D eigenvalue weighted by Crippen LogP contribution is 2.23. The number of benzene rings is 2. The molecule has 0 aromatic heterocycles. The number of hydrazone groups is 1. The minimum Gasteiger partial charge on any atom is -0.265 e. The molecule has 0 unspecified atom stereocenters. The molecule has 0 amide bonds. The molecule has 3 rings (SSSR count). The van der Waals surface area contributed by atoms with E-state index in [0.29, 0.717) is 4.90 Å². The summed E-state index contributed by atoms with van der Waals surface area (Å²) in [6.45, 7) is 0.808. The summed E-state index contributed by atoms with van der Waals surface area (Å²) >= 11 is 0. The topological polar surface area (TPSA) is 49.7 Å². The highest BCUT2D eigenvalue weighted by atomic mass is 32.2. The van der Waals surface area contributed by atoms with Crippen molar-refractivity contribution in [3.05, 3.63) is 60.2 Å². The third-order valence-electron chi connectivity index (χ3n) is 3.47. The van der Waals surface area contributed by atoms with Crippen molar-refractivity contribution >= 4 is 21.2 Å². The summed E-state index contributed by atoms with van der Waals surface area (Å²) in [5.74, 6) is 0. The second-order valence-corrected chi connectivity index (χ2v) is 7.07. The van der Waals surface area contributed by atoms with Crippen LogP contribution < -0.4 is 5.01 Å². The molecule has 2 aromatic rings. The van der Waals surface area contributed by atoms with Gasteiger partial charge in [0.15, 0.2) is 9.84 Å². The van der Waals surface area contributed by atoms with Gasteiger partial charge in [-0.2, -0.15) is 5.10 Å². The van der Waals surface area contributed by atoms with Gasteiger partial charge in [0, 0.05) is 19.2 Å². The number of nitrogens with zero attached hydrogens (tertiary/aromatic N) is 2. The quantitative estimate of drug-likeness (QED) is 0.875. The van der Waals surface area contributed by atoms with E-state index in [1.54, 1.807) is 24.3 Å². The Labute approximate surface area is 124 Å². The van der Waals surface area contributed by atoms with Gasteiger partial charge in [0.1, 0.15) is 0 Å². The van der Waals surface area contributed by atoms with E-state index < -0.39 is 9.84 Å². The van der Waals surface area contributed by atoms with Crippen molar-refractivity contribution in [3.63, 3.8) is 0 Å². The van der Waals surface area contributed by atoms with Crippen molar-refractivity contribution in [2.45, 2.75) is 11.3 Å². The molecule has 0 saturated carbocycles. The summed E-state index contributed by atoms with van der Waals surface area (Å²) in [6.07, 6.45) is 2.10. The molecule has 2 aromatic carbocycles. The first kappa shape index (κ1) is 13.8. The average molecular weight is 300 g/mol. The Bertz CT molecular complexity index is 766. The van der Waals surface area contributed by atoms with E-state index in [4.69, 9.17) is 0 Å². The normalized spacial score (nSPS) is 15.1. The molecule has 1 heterocycles. The zero-order valence-corrected chi connectivity index (χ0v) is 12.5. The molecule has 0 atom stereocenters. The lowest BCUT2D eigenvalue weighted by atomic mass is 10.1. The van der Waals surface area contributed by atoms with Crippen LogP contribution in [-0.4, -0.2) is 26.9 Å². The molecule has 0 fully saturated rings. The van der Waals surface area contributed by atoms with E-state index in [0.717, 1.165) is 29.9 Å². The summed E-state index contributed by atoms with van der Waals surface area (Å²) in [7, 11) is -3.15. The Morgan fingerprint density at radius 2 is 1.67 bits per heavy atom. The summed E-state index contributed by atoms with van der Waals surface area (Å²) in [5, 5.41) is 6.53. The summed E-state index contributed by atoms with van der Waals surface area (Å²) < 4.78 is 22.9. The minimum atomic E-state index is -3.15. The molecule has 0 aliphatic carbocycles. The number of hydrogen-bond acceptors (Lipinski definition) is 4. The second-order valence-electron chi connectivity index (χ2n) is 5.05. The van der Waals surface area contributed by atoms with Crippen LogP contribution in [0.5, 0.6) is 0 Å². The lowest BCUT2D eigenvalue weighted by Crippen LogP contribution is -2.11. The van der Waals surface area contributed by atoms with Crippen LogP contribution in [-0.2, 0) is 9.84 Å². The van der Waals surface area contributed by atoms with Gasteiger partial charge in [0.05, 0.1) is 16.3 Å². The maximum atomic E-state index is 11.5. The van der Waals surface area contributed by atoms with E-state index in [9.17, 15) is 8.42 Å². The number of anilines is 1. The van der Waals surface area contributed by atoms with Crippen molar-refractivity contribution in [3.8, 4) is 0 Å². The molecule has 5 heteroatoms. The van der Waals surface area contributed by atoms with Crippen LogP contribution >= 0.6 is 0 Å². The molecule has 1 aliphatic rings. The Hall–Kier alpha value is -2.14. The van der Waals surface area contributed by atoms with Crippen LogP contribution in [0.2, 0.25) is 0 Å².